The summed E-state index contributed by atoms with van der Waals surface area (Å²) in [5.41, 5.74) is 0. The molecule has 4 heteroatoms. The van der Waals surface area contributed by atoms with E-state index in [1.807, 2.05) is 0 Å². The Hall–Kier alpha value is -0.740. The number of nitrogens with one attached hydrogen (secondary N) is 1. The average Bonchev–Trinajstić information content (AvgIpc) is 2.47. The quantitative estimate of drug-likeness (QED) is 0.726. The second-order valence-electron chi connectivity index (χ2n) is 2.37. The number of halogens is 1. The summed E-state index contributed by atoms with van der Waals surface area (Å²) in [7, 11) is 1.76. The van der Waals surface area contributed by atoms with Crippen molar-refractivity contribution in [2.45, 2.75) is 6.42 Å². The van der Waals surface area contributed by atoms with Crippen LogP contribution in [0.4, 0.5) is 4.39 Å². The average molecular weight is 187 g/mol. The van der Waals surface area contributed by atoms with Crippen LogP contribution in [0, 0.1) is 5.82 Å². The summed E-state index contributed by atoms with van der Waals surface area (Å²) < 4.78 is 12.8. The first-order valence-corrected chi connectivity index (χ1v) is 4.54. The van der Waals surface area contributed by atoms with Gasteiger partial charge in [0.15, 0.2) is 5.78 Å². The van der Waals surface area contributed by atoms with E-state index in [0.29, 0.717) is 13.0 Å². The van der Waals surface area contributed by atoms with Gasteiger partial charge in [0.1, 0.15) is 10.7 Å². The topological polar surface area (TPSA) is 29.1 Å². The maximum Gasteiger partial charge on any atom is 0.177 e. The van der Waals surface area contributed by atoms with Crippen LogP contribution < -0.4 is 5.32 Å². The molecule has 0 aliphatic rings. The molecule has 0 bridgehead atoms. The van der Waals surface area contributed by atoms with Crippen molar-refractivity contribution in [3.63, 3.8) is 0 Å². The summed E-state index contributed by atoms with van der Waals surface area (Å²) in [5.74, 6) is -0.530. The highest BCUT2D eigenvalue weighted by Crippen LogP contribution is 2.16. The maximum absolute atomic E-state index is 12.8. The Kier molecular flexibility index (Phi) is 3.37. The highest BCUT2D eigenvalue weighted by atomic mass is 32.1. The van der Waals surface area contributed by atoms with Crippen molar-refractivity contribution in [3.05, 3.63) is 22.1 Å². The normalized spacial score (nSPS) is 10.2. The number of Topliss-reactive ketones (excluding diaryl/α,β-unsaturated/α-hetero) is 1. The minimum Gasteiger partial charge on any atom is -0.319 e. The zero-order valence-electron chi connectivity index (χ0n) is 6.76. The molecule has 1 rings (SSSR count). The Morgan fingerprint density at radius 2 is 2.50 bits per heavy atom. The van der Waals surface area contributed by atoms with Gasteiger partial charge in [-0.25, -0.2) is 4.39 Å². The van der Waals surface area contributed by atoms with Crippen LogP contribution in [0.15, 0.2) is 11.4 Å². The summed E-state index contributed by atoms with van der Waals surface area (Å²) in [6.45, 7) is 0.593. The van der Waals surface area contributed by atoms with Gasteiger partial charge in [-0.1, -0.05) is 0 Å². The first-order valence-electron chi connectivity index (χ1n) is 3.66. The number of thiophene rings is 1. The van der Waals surface area contributed by atoms with Crippen LogP contribution in [0.5, 0.6) is 0 Å². The minimum absolute atomic E-state index is 0.128. The Morgan fingerprint density at radius 1 is 1.75 bits per heavy atom. The summed E-state index contributed by atoms with van der Waals surface area (Å²) in [6.07, 6.45) is 0.355. The Labute approximate surface area is 74.4 Å². The van der Waals surface area contributed by atoms with Crippen molar-refractivity contribution in [1.82, 2.24) is 5.32 Å². The van der Waals surface area contributed by atoms with E-state index < -0.39 is 5.82 Å². The molecule has 0 aliphatic carbocycles. The zero-order valence-corrected chi connectivity index (χ0v) is 7.58. The molecule has 0 spiro atoms. The van der Waals surface area contributed by atoms with Crippen molar-refractivity contribution in [1.29, 1.82) is 0 Å². The van der Waals surface area contributed by atoms with E-state index in [-0.39, 0.29) is 10.7 Å². The lowest BCUT2D eigenvalue weighted by Crippen LogP contribution is -2.12. The Balaban J connectivity index is 2.59. The first-order chi connectivity index (χ1) is 5.75. The van der Waals surface area contributed by atoms with Gasteiger partial charge in [-0.3, -0.25) is 4.79 Å². The molecule has 0 amide bonds. The molecule has 0 atom stereocenters. The van der Waals surface area contributed by atoms with E-state index in [4.69, 9.17) is 0 Å². The predicted molar refractivity (Wildman–Crippen MR) is 47.2 cm³/mol. The van der Waals surface area contributed by atoms with Gasteiger partial charge in [0.05, 0.1) is 0 Å². The summed E-state index contributed by atoms with van der Waals surface area (Å²) in [6, 6.07) is 1.32. The summed E-state index contributed by atoms with van der Waals surface area (Å²) in [5, 5.41) is 4.43. The SMILES string of the molecule is CNCCC(=O)c1sccc1F. The number of carbonyl (C=O) groups excluding carboxylic acids is 1. The first kappa shape index (κ1) is 9.35. The third-order valence-electron chi connectivity index (χ3n) is 1.47. The molecule has 0 aliphatic heterocycles. The monoisotopic (exact) mass is 187 g/mol. The van der Waals surface area contributed by atoms with E-state index in [1.54, 1.807) is 12.4 Å². The van der Waals surface area contributed by atoms with Crippen LogP contribution in [0.1, 0.15) is 16.1 Å². The molecule has 1 N–H and O–H groups in total. The number of carbonyl (C=O) groups is 1. The minimum atomic E-state index is -0.402. The van der Waals surface area contributed by atoms with Gasteiger partial charge in [-0.2, -0.15) is 0 Å². The summed E-state index contributed by atoms with van der Waals surface area (Å²) in [4.78, 5) is 11.5. The highest BCUT2D eigenvalue weighted by molar-refractivity contribution is 7.12. The molecule has 0 aromatic carbocycles. The van der Waals surface area contributed by atoms with E-state index in [0.717, 1.165) is 11.3 Å². The third kappa shape index (κ3) is 2.12. The second kappa shape index (κ2) is 4.33. The van der Waals surface area contributed by atoms with Gasteiger partial charge in [0.25, 0.3) is 0 Å². The molecule has 1 aromatic heterocycles. The number of ketones is 1. The molecule has 0 unspecified atom stereocenters. The highest BCUT2D eigenvalue weighted by Gasteiger charge is 2.11. The smallest absolute Gasteiger partial charge is 0.177 e. The largest absolute Gasteiger partial charge is 0.319 e. The molecule has 0 saturated carbocycles. The van der Waals surface area contributed by atoms with E-state index in [9.17, 15) is 9.18 Å². The number of rotatable bonds is 4. The van der Waals surface area contributed by atoms with E-state index >= 15 is 0 Å². The van der Waals surface area contributed by atoms with Crippen LogP contribution in [0.2, 0.25) is 0 Å². The van der Waals surface area contributed by atoms with Gasteiger partial charge in [0, 0.05) is 13.0 Å². The number of hydrogen-bond acceptors (Lipinski definition) is 3. The zero-order chi connectivity index (χ0) is 8.97. The lowest BCUT2D eigenvalue weighted by atomic mass is 10.2. The molecule has 2 nitrogen and oxygen atoms in total. The van der Waals surface area contributed by atoms with Crippen molar-refractivity contribution >= 4 is 17.1 Å². The van der Waals surface area contributed by atoms with E-state index in [1.165, 1.54) is 6.07 Å². The maximum atomic E-state index is 12.8. The van der Waals surface area contributed by atoms with Gasteiger partial charge in [0.2, 0.25) is 0 Å². The number of hydrogen-bond donors (Lipinski definition) is 1. The summed E-state index contributed by atoms with van der Waals surface area (Å²) >= 11 is 1.16. The van der Waals surface area contributed by atoms with Gasteiger partial charge < -0.3 is 5.32 Å². The van der Waals surface area contributed by atoms with Crippen molar-refractivity contribution in [2.24, 2.45) is 0 Å². The standard InChI is InChI=1S/C8H10FNOS/c1-10-4-2-7(11)8-6(9)3-5-12-8/h3,5,10H,2,4H2,1H3. The third-order valence-corrected chi connectivity index (χ3v) is 2.40. The van der Waals surface area contributed by atoms with Crippen LogP contribution in [0.3, 0.4) is 0 Å². The van der Waals surface area contributed by atoms with Crippen molar-refractivity contribution in [2.75, 3.05) is 13.6 Å². The molecular formula is C8H10FNOS. The van der Waals surface area contributed by atoms with Crippen LogP contribution >= 0.6 is 11.3 Å². The molecule has 0 fully saturated rings. The lowest BCUT2D eigenvalue weighted by Gasteiger charge is -1.96. The van der Waals surface area contributed by atoms with Crippen molar-refractivity contribution < 1.29 is 9.18 Å². The van der Waals surface area contributed by atoms with Crippen LogP contribution in [-0.4, -0.2) is 19.4 Å². The molecule has 12 heavy (non-hydrogen) atoms. The van der Waals surface area contributed by atoms with E-state index in [2.05, 4.69) is 5.32 Å². The van der Waals surface area contributed by atoms with Gasteiger partial charge in [-0.15, -0.1) is 11.3 Å². The van der Waals surface area contributed by atoms with Crippen molar-refractivity contribution in [3.8, 4) is 0 Å². The molecule has 1 aromatic rings. The Bertz CT molecular complexity index is 272. The fraction of sp³-hybridized carbons (Fsp3) is 0.375. The molecule has 0 saturated heterocycles. The van der Waals surface area contributed by atoms with Crippen LogP contribution in [-0.2, 0) is 0 Å². The fourth-order valence-corrected chi connectivity index (χ4v) is 1.58. The molecule has 0 radical (unpaired) electrons. The molecular weight excluding hydrogens is 177 g/mol. The molecule has 1 heterocycles. The second-order valence-corrected chi connectivity index (χ2v) is 3.29. The predicted octanol–water partition coefficient (Wildman–Crippen LogP) is 1.68. The Morgan fingerprint density at radius 3 is 3.00 bits per heavy atom. The fourth-order valence-electron chi connectivity index (χ4n) is 0.845. The van der Waals surface area contributed by atoms with Gasteiger partial charge in [-0.05, 0) is 18.5 Å². The molecule has 66 valence electrons. The van der Waals surface area contributed by atoms with Gasteiger partial charge >= 0.3 is 0 Å². The van der Waals surface area contributed by atoms with Crippen LogP contribution in [0.25, 0.3) is 0 Å². The lowest BCUT2D eigenvalue weighted by molar-refractivity contribution is 0.0983.